The van der Waals surface area contributed by atoms with Gasteiger partial charge >= 0.3 is 13.6 Å². The standard InChI is InChI=1S/C23H28NO5PS/c1-3-28-30(26,29-16-8-4-7-15-27-18(2)25)17-19-11-13-20(14-12-19)23-24-21-9-5-6-10-22(21)31-23/h5-6,9-14H,3-4,7-8,15-17H2,1-2H3. The molecule has 2 aromatic carbocycles. The lowest BCUT2D eigenvalue weighted by Gasteiger charge is -2.18. The Morgan fingerprint density at radius 1 is 1.00 bits per heavy atom. The van der Waals surface area contributed by atoms with E-state index in [4.69, 9.17) is 13.8 Å². The number of nitrogens with zero attached hydrogens (tertiary/aromatic N) is 1. The normalized spacial score (nSPS) is 13.2. The van der Waals surface area contributed by atoms with Crippen LogP contribution in [0.25, 0.3) is 20.8 Å². The fourth-order valence-corrected chi connectivity index (χ4v) is 5.78. The molecule has 1 aromatic heterocycles. The van der Waals surface area contributed by atoms with Gasteiger partial charge in [-0.15, -0.1) is 11.3 Å². The van der Waals surface area contributed by atoms with Crippen LogP contribution in [0.15, 0.2) is 48.5 Å². The van der Waals surface area contributed by atoms with Gasteiger partial charge in [-0.1, -0.05) is 36.4 Å². The van der Waals surface area contributed by atoms with Gasteiger partial charge in [-0.05, 0) is 43.9 Å². The zero-order valence-electron chi connectivity index (χ0n) is 17.9. The number of para-hydroxylation sites is 1. The molecule has 0 amide bonds. The lowest BCUT2D eigenvalue weighted by atomic mass is 10.2. The average Bonchev–Trinajstić information content (AvgIpc) is 3.18. The zero-order valence-corrected chi connectivity index (χ0v) is 19.6. The number of ether oxygens (including phenoxy) is 1. The van der Waals surface area contributed by atoms with E-state index in [0.717, 1.165) is 45.6 Å². The molecule has 31 heavy (non-hydrogen) atoms. The van der Waals surface area contributed by atoms with E-state index >= 15 is 0 Å². The van der Waals surface area contributed by atoms with Crippen molar-refractivity contribution in [3.05, 3.63) is 54.1 Å². The lowest BCUT2D eigenvalue weighted by molar-refractivity contribution is -0.141. The first kappa shape index (κ1) is 23.6. The van der Waals surface area contributed by atoms with Crippen molar-refractivity contribution in [2.45, 2.75) is 39.3 Å². The molecule has 0 bridgehead atoms. The second kappa shape index (κ2) is 11.5. The summed E-state index contributed by atoms with van der Waals surface area (Å²) in [7, 11) is -3.22. The van der Waals surface area contributed by atoms with Crippen LogP contribution in [-0.4, -0.2) is 30.8 Å². The average molecular weight is 462 g/mol. The summed E-state index contributed by atoms with van der Waals surface area (Å²) in [5.41, 5.74) is 2.93. The third-order valence-corrected chi connectivity index (χ3v) is 7.64. The molecule has 0 N–H and O–H groups in total. The Morgan fingerprint density at radius 3 is 2.45 bits per heavy atom. The van der Waals surface area contributed by atoms with E-state index in [2.05, 4.69) is 11.1 Å². The number of fused-ring (bicyclic) bond motifs is 1. The number of thiazole rings is 1. The Balaban J connectivity index is 1.55. The highest BCUT2D eigenvalue weighted by Crippen LogP contribution is 2.51. The number of rotatable bonds is 12. The lowest BCUT2D eigenvalue weighted by Crippen LogP contribution is -2.03. The van der Waals surface area contributed by atoms with Gasteiger partial charge < -0.3 is 13.8 Å². The molecule has 166 valence electrons. The van der Waals surface area contributed by atoms with Gasteiger partial charge in [-0.2, -0.15) is 0 Å². The second-order valence-electron chi connectivity index (χ2n) is 7.10. The summed E-state index contributed by atoms with van der Waals surface area (Å²) in [5, 5.41) is 0.964. The summed E-state index contributed by atoms with van der Waals surface area (Å²) >= 11 is 1.66. The van der Waals surface area contributed by atoms with E-state index in [0.29, 0.717) is 19.8 Å². The molecule has 1 heterocycles. The van der Waals surface area contributed by atoms with E-state index in [1.807, 2.05) is 49.4 Å². The summed E-state index contributed by atoms with van der Waals surface area (Å²) < 4.78 is 30.3. The van der Waals surface area contributed by atoms with Crippen molar-refractivity contribution in [2.75, 3.05) is 19.8 Å². The number of carbonyl (C=O) groups excluding carboxylic acids is 1. The van der Waals surface area contributed by atoms with Gasteiger partial charge in [0, 0.05) is 12.5 Å². The predicted molar refractivity (Wildman–Crippen MR) is 124 cm³/mol. The van der Waals surface area contributed by atoms with Crippen molar-refractivity contribution >= 4 is 35.1 Å². The molecule has 0 spiro atoms. The van der Waals surface area contributed by atoms with Crippen molar-refractivity contribution in [1.82, 2.24) is 4.98 Å². The molecular formula is C23H28NO5PS. The van der Waals surface area contributed by atoms with Gasteiger partial charge in [-0.25, -0.2) is 4.98 Å². The number of benzene rings is 2. The molecule has 6 nitrogen and oxygen atoms in total. The van der Waals surface area contributed by atoms with Crippen molar-refractivity contribution in [3.8, 4) is 10.6 Å². The molecule has 0 aliphatic rings. The molecule has 0 radical (unpaired) electrons. The Morgan fingerprint density at radius 2 is 1.74 bits per heavy atom. The van der Waals surface area contributed by atoms with Crippen LogP contribution in [-0.2, 0) is 29.3 Å². The van der Waals surface area contributed by atoms with Crippen molar-refractivity contribution in [1.29, 1.82) is 0 Å². The minimum Gasteiger partial charge on any atom is -0.466 e. The minimum absolute atomic E-state index is 0.231. The van der Waals surface area contributed by atoms with Crippen LogP contribution in [0.1, 0.15) is 38.7 Å². The quantitative estimate of drug-likeness (QED) is 0.175. The summed E-state index contributed by atoms with van der Waals surface area (Å²) in [6.07, 6.45) is 2.55. The largest absolute Gasteiger partial charge is 0.466 e. The van der Waals surface area contributed by atoms with E-state index in [9.17, 15) is 9.36 Å². The molecule has 0 aliphatic heterocycles. The third-order valence-electron chi connectivity index (χ3n) is 4.58. The number of hydrogen-bond acceptors (Lipinski definition) is 7. The molecule has 3 rings (SSSR count). The van der Waals surface area contributed by atoms with E-state index < -0.39 is 7.60 Å². The van der Waals surface area contributed by atoms with Gasteiger partial charge in [-0.3, -0.25) is 9.36 Å². The van der Waals surface area contributed by atoms with Crippen LogP contribution >= 0.6 is 18.9 Å². The van der Waals surface area contributed by atoms with Gasteiger partial charge in [0.05, 0.1) is 36.2 Å². The summed E-state index contributed by atoms with van der Waals surface area (Å²) in [6, 6.07) is 16.0. The Bertz CT molecular complexity index is 1000. The fourth-order valence-electron chi connectivity index (χ4n) is 3.10. The predicted octanol–water partition coefficient (Wildman–Crippen LogP) is 6.44. The maximum Gasteiger partial charge on any atom is 0.335 e. The number of hydrogen-bond donors (Lipinski definition) is 0. The second-order valence-corrected chi connectivity index (χ2v) is 10.2. The van der Waals surface area contributed by atoms with Crippen LogP contribution in [0.5, 0.6) is 0 Å². The summed E-state index contributed by atoms with van der Waals surface area (Å²) in [4.78, 5) is 15.4. The molecule has 3 aromatic rings. The first-order valence-electron chi connectivity index (χ1n) is 10.5. The van der Waals surface area contributed by atoms with Crippen LogP contribution in [0.4, 0.5) is 0 Å². The summed E-state index contributed by atoms with van der Waals surface area (Å²) in [6.45, 7) is 4.28. The smallest absolute Gasteiger partial charge is 0.335 e. The number of carbonyl (C=O) groups is 1. The Kier molecular flexibility index (Phi) is 8.79. The van der Waals surface area contributed by atoms with Gasteiger partial charge in [0.1, 0.15) is 5.01 Å². The fraction of sp³-hybridized carbons (Fsp3) is 0.391. The van der Waals surface area contributed by atoms with Crippen LogP contribution in [0, 0.1) is 0 Å². The number of esters is 1. The Hall–Kier alpha value is -2.05. The van der Waals surface area contributed by atoms with E-state index in [1.165, 1.54) is 6.92 Å². The highest BCUT2D eigenvalue weighted by atomic mass is 32.1. The summed E-state index contributed by atoms with van der Waals surface area (Å²) in [5.74, 6) is -0.272. The minimum atomic E-state index is -3.22. The van der Waals surface area contributed by atoms with Crippen LogP contribution in [0.3, 0.4) is 0 Å². The number of aromatic nitrogens is 1. The molecule has 0 aliphatic carbocycles. The third kappa shape index (κ3) is 7.25. The molecular weight excluding hydrogens is 433 g/mol. The number of unbranched alkanes of at least 4 members (excludes halogenated alkanes) is 2. The SMILES string of the molecule is CCOP(=O)(Cc1ccc(-c2nc3ccccc3s2)cc1)OCCCCCOC(C)=O. The van der Waals surface area contributed by atoms with Crippen molar-refractivity contribution < 1.29 is 23.1 Å². The highest BCUT2D eigenvalue weighted by molar-refractivity contribution is 7.53. The molecule has 1 atom stereocenters. The van der Waals surface area contributed by atoms with Crippen LogP contribution in [0.2, 0.25) is 0 Å². The van der Waals surface area contributed by atoms with Gasteiger partial charge in [0.15, 0.2) is 0 Å². The molecule has 0 saturated heterocycles. The molecule has 0 fully saturated rings. The zero-order chi connectivity index (χ0) is 22.1. The topological polar surface area (TPSA) is 74.7 Å². The van der Waals surface area contributed by atoms with E-state index in [-0.39, 0.29) is 12.1 Å². The van der Waals surface area contributed by atoms with Crippen LogP contribution < -0.4 is 0 Å². The molecule has 8 heteroatoms. The van der Waals surface area contributed by atoms with Crippen molar-refractivity contribution in [2.24, 2.45) is 0 Å². The maximum atomic E-state index is 13.1. The molecule has 1 unspecified atom stereocenters. The monoisotopic (exact) mass is 461 g/mol. The molecule has 0 saturated carbocycles. The Labute approximate surface area is 187 Å². The maximum absolute atomic E-state index is 13.1. The first-order valence-corrected chi connectivity index (χ1v) is 13.0. The van der Waals surface area contributed by atoms with E-state index in [1.54, 1.807) is 11.3 Å². The first-order chi connectivity index (χ1) is 15.0. The van der Waals surface area contributed by atoms with Gasteiger partial charge in [0.2, 0.25) is 0 Å². The highest BCUT2D eigenvalue weighted by Gasteiger charge is 2.24. The van der Waals surface area contributed by atoms with Gasteiger partial charge in [0.25, 0.3) is 0 Å². The van der Waals surface area contributed by atoms with Crippen molar-refractivity contribution in [3.63, 3.8) is 0 Å².